The lowest BCUT2D eigenvalue weighted by Gasteiger charge is -2.09. The Hall–Kier alpha value is -1.81. The zero-order chi connectivity index (χ0) is 14.0. The summed E-state index contributed by atoms with van der Waals surface area (Å²) in [5.74, 6) is -0.101. The number of benzene rings is 1. The van der Waals surface area contributed by atoms with Crippen molar-refractivity contribution in [2.24, 2.45) is 0 Å². The Morgan fingerprint density at radius 2 is 2.05 bits per heavy atom. The van der Waals surface area contributed by atoms with E-state index >= 15 is 0 Å². The van der Waals surface area contributed by atoms with Crippen LogP contribution in [-0.4, -0.2) is 12.5 Å². The highest BCUT2D eigenvalue weighted by molar-refractivity contribution is 7.15. The molecule has 0 bridgehead atoms. The van der Waals surface area contributed by atoms with Crippen molar-refractivity contribution in [3.63, 3.8) is 0 Å². The highest BCUT2D eigenvalue weighted by atomic mass is 32.1. The van der Waals surface area contributed by atoms with Gasteiger partial charge in [-0.3, -0.25) is 4.79 Å². The average molecular weight is 274 g/mol. The van der Waals surface area contributed by atoms with Crippen LogP contribution in [0.3, 0.4) is 0 Å². The summed E-state index contributed by atoms with van der Waals surface area (Å²) >= 11 is 1.41. The Balaban J connectivity index is 2.54. The topological polar surface area (TPSA) is 55.1 Å². The lowest BCUT2D eigenvalue weighted by Crippen LogP contribution is -2.23. The molecular weight excluding hydrogens is 256 g/mol. The molecule has 0 unspecified atom stereocenters. The summed E-state index contributed by atoms with van der Waals surface area (Å²) in [5.41, 5.74) is 10.9. The van der Waals surface area contributed by atoms with Crippen LogP contribution in [0.5, 0.6) is 0 Å². The highest BCUT2D eigenvalue weighted by Gasteiger charge is 2.18. The summed E-state index contributed by atoms with van der Waals surface area (Å²) in [5, 5.41) is 5.34. The number of hydrogen-bond donors (Lipinski definition) is 2. The molecule has 3 nitrogen and oxygen atoms in total. The molecule has 100 valence electrons. The number of carbonyl (C=O) groups is 1. The van der Waals surface area contributed by atoms with Crippen LogP contribution in [0.25, 0.3) is 11.1 Å². The number of anilines is 1. The minimum atomic E-state index is -0.101. The maximum Gasteiger partial charge on any atom is 0.254 e. The molecule has 0 spiro atoms. The van der Waals surface area contributed by atoms with Crippen molar-refractivity contribution in [3.05, 3.63) is 40.3 Å². The van der Waals surface area contributed by atoms with Gasteiger partial charge < -0.3 is 11.1 Å². The van der Waals surface area contributed by atoms with E-state index in [0.717, 1.165) is 16.7 Å². The summed E-state index contributed by atoms with van der Waals surface area (Å²) in [4.78, 5) is 12.1. The maximum atomic E-state index is 12.1. The Bertz CT molecular complexity index is 617. The normalized spacial score (nSPS) is 10.5. The SMILES string of the molecule is CCNC(=O)c1c(-c2ccc(C)cc2C)csc1N. The summed E-state index contributed by atoms with van der Waals surface area (Å²) < 4.78 is 0. The molecule has 0 fully saturated rings. The van der Waals surface area contributed by atoms with E-state index in [4.69, 9.17) is 5.73 Å². The second kappa shape index (κ2) is 5.45. The van der Waals surface area contributed by atoms with Gasteiger partial charge in [0.1, 0.15) is 0 Å². The van der Waals surface area contributed by atoms with E-state index in [0.29, 0.717) is 17.1 Å². The number of hydrogen-bond acceptors (Lipinski definition) is 3. The molecule has 1 amide bonds. The number of nitrogen functional groups attached to an aromatic ring is 1. The van der Waals surface area contributed by atoms with Crippen LogP contribution in [0.1, 0.15) is 28.4 Å². The molecule has 1 aromatic heterocycles. The number of nitrogens with one attached hydrogen (secondary N) is 1. The van der Waals surface area contributed by atoms with Crippen molar-refractivity contribution < 1.29 is 4.79 Å². The number of nitrogens with two attached hydrogens (primary N) is 1. The lowest BCUT2D eigenvalue weighted by atomic mass is 9.97. The number of amides is 1. The molecular formula is C15H18N2OS. The van der Waals surface area contributed by atoms with E-state index < -0.39 is 0 Å². The van der Waals surface area contributed by atoms with Gasteiger partial charge in [0.2, 0.25) is 0 Å². The Labute approximate surface area is 117 Å². The van der Waals surface area contributed by atoms with Gasteiger partial charge in [0, 0.05) is 17.5 Å². The molecule has 2 aromatic rings. The van der Waals surface area contributed by atoms with Crippen LogP contribution < -0.4 is 11.1 Å². The van der Waals surface area contributed by atoms with Crippen molar-refractivity contribution in [2.75, 3.05) is 12.3 Å². The molecule has 19 heavy (non-hydrogen) atoms. The van der Waals surface area contributed by atoms with Gasteiger partial charge in [0.05, 0.1) is 10.6 Å². The van der Waals surface area contributed by atoms with Crippen LogP contribution >= 0.6 is 11.3 Å². The number of rotatable bonds is 3. The maximum absolute atomic E-state index is 12.1. The van der Waals surface area contributed by atoms with E-state index in [1.165, 1.54) is 16.9 Å². The van der Waals surface area contributed by atoms with Crippen molar-refractivity contribution in [3.8, 4) is 11.1 Å². The fourth-order valence-electron chi connectivity index (χ4n) is 2.17. The summed E-state index contributed by atoms with van der Waals surface area (Å²) in [6.07, 6.45) is 0. The van der Waals surface area contributed by atoms with Crippen LogP contribution in [0, 0.1) is 13.8 Å². The number of aryl methyl sites for hydroxylation is 2. The van der Waals surface area contributed by atoms with Crippen LogP contribution in [0.15, 0.2) is 23.6 Å². The van der Waals surface area contributed by atoms with E-state index in [9.17, 15) is 4.79 Å². The summed E-state index contributed by atoms with van der Waals surface area (Å²) in [6.45, 7) is 6.61. The first-order valence-corrected chi connectivity index (χ1v) is 7.15. The second-order valence-corrected chi connectivity index (χ2v) is 5.48. The lowest BCUT2D eigenvalue weighted by molar-refractivity contribution is 0.0957. The third-order valence-electron chi connectivity index (χ3n) is 3.06. The minimum Gasteiger partial charge on any atom is -0.390 e. The molecule has 0 saturated heterocycles. The van der Waals surface area contributed by atoms with Crippen molar-refractivity contribution >= 4 is 22.2 Å². The van der Waals surface area contributed by atoms with Crippen LogP contribution in [0.2, 0.25) is 0 Å². The van der Waals surface area contributed by atoms with Gasteiger partial charge in [-0.2, -0.15) is 0 Å². The summed E-state index contributed by atoms with van der Waals surface area (Å²) in [7, 11) is 0. The molecule has 0 atom stereocenters. The van der Waals surface area contributed by atoms with Crippen molar-refractivity contribution in [2.45, 2.75) is 20.8 Å². The molecule has 3 N–H and O–H groups in total. The van der Waals surface area contributed by atoms with Crippen LogP contribution in [-0.2, 0) is 0 Å². The minimum absolute atomic E-state index is 0.101. The molecule has 2 rings (SSSR count). The van der Waals surface area contributed by atoms with Gasteiger partial charge in [0.15, 0.2) is 0 Å². The molecule has 0 radical (unpaired) electrons. The van der Waals surface area contributed by atoms with Gasteiger partial charge in [0.25, 0.3) is 5.91 Å². The van der Waals surface area contributed by atoms with Crippen LogP contribution in [0.4, 0.5) is 5.00 Å². The molecule has 1 heterocycles. The monoisotopic (exact) mass is 274 g/mol. The Morgan fingerprint density at radius 3 is 2.68 bits per heavy atom. The molecule has 0 saturated carbocycles. The standard InChI is InChI=1S/C15H18N2OS/c1-4-17-15(18)13-12(8-19-14(13)16)11-6-5-9(2)7-10(11)3/h5-8H,4,16H2,1-3H3,(H,17,18). The first-order valence-electron chi connectivity index (χ1n) is 6.27. The zero-order valence-electron chi connectivity index (χ0n) is 11.4. The van der Waals surface area contributed by atoms with Gasteiger partial charge in [-0.15, -0.1) is 11.3 Å². The molecule has 4 heteroatoms. The average Bonchev–Trinajstić information content (AvgIpc) is 2.71. The van der Waals surface area contributed by atoms with E-state index in [1.807, 2.05) is 12.3 Å². The van der Waals surface area contributed by atoms with Gasteiger partial charge in [-0.25, -0.2) is 0 Å². The number of thiophene rings is 1. The quantitative estimate of drug-likeness (QED) is 0.901. The molecule has 0 aliphatic carbocycles. The van der Waals surface area contributed by atoms with E-state index in [2.05, 4.69) is 37.4 Å². The zero-order valence-corrected chi connectivity index (χ0v) is 12.2. The predicted octanol–water partition coefficient (Wildman–Crippen LogP) is 3.36. The van der Waals surface area contributed by atoms with Crippen molar-refractivity contribution in [1.82, 2.24) is 5.32 Å². The fourth-order valence-corrected chi connectivity index (χ4v) is 2.98. The van der Waals surface area contributed by atoms with E-state index in [1.54, 1.807) is 0 Å². The molecule has 1 aromatic carbocycles. The Kier molecular flexibility index (Phi) is 3.90. The summed E-state index contributed by atoms with van der Waals surface area (Å²) in [6, 6.07) is 6.22. The van der Waals surface area contributed by atoms with Gasteiger partial charge >= 0.3 is 0 Å². The Morgan fingerprint density at radius 1 is 1.32 bits per heavy atom. The molecule has 0 aliphatic rings. The molecule has 0 aliphatic heterocycles. The van der Waals surface area contributed by atoms with Gasteiger partial charge in [-0.05, 0) is 31.9 Å². The third-order valence-corrected chi connectivity index (χ3v) is 3.87. The predicted molar refractivity (Wildman–Crippen MR) is 81.6 cm³/mol. The third kappa shape index (κ3) is 2.63. The second-order valence-electron chi connectivity index (χ2n) is 4.57. The van der Waals surface area contributed by atoms with Crippen molar-refractivity contribution in [1.29, 1.82) is 0 Å². The fraction of sp³-hybridized carbons (Fsp3) is 0.267. The largest absolute Gasteiger partial charge is 0.390 e. The number of carbonyl (C=O) groups excluding carboxylic acids is 1. The highest BCUT2D eigenvalue weighted by Crippen LogP contribution is 2.35. The first kappa shape index (κ1) is 13.6. The smallest absolute Gasteiger partial charge is 0.254 e. The first-order chi connectivity index (χ1) is 9.04. The van der Waals surface area contributed by atoms with E-state index in [-0.39, 0.29) is 5.91 Å². The van der Waals surface area contributed by atoms with Gasteiger partial charge in [-0.1, -0.05) is 23.8 Å².